The van der Waals surface area contributed by atoms with Gasteiger partial charge in [0, 0.05) is 17.3 Å². The van der Waals surface area contributed by atoms with E-state index < -0.39 is 0 Å². The van der Waals surface area contributed by atoms with Gasteiger partial charge in [0.25, 0.3) is 0 Å². The second-order valence-corrected chi connectivity index (χ2v) is 8.51. The molecule has 1 saturated carbocycles. The number of ether oxygens (including phenoxy) is 1. The highest BCUT2D eigenvalue weighted by molar-refractivity contribution is 7.09. The molecular formula is C21H28N2O2S. The Morgan fingerprint density at radius 3 is 2.65 bits per heavy atom. The van der Waals surface area contributed by atoms with Gasteiger partial charge in [-0.2, -0.15) is 0 Å². The Labute approximate surface area is 160 Å². The third-order valence-corrected chi connectivity index (χ3v) is 5.46. The standard InChI is InChI=1S/C21H28N2O2S/c1-14(2)18-7-5-6-8-19(18)25-12-20-22-16(13-26-20)11-23(17-9-10-17)21(24)15(3)4/h5-8,13-15,17H,9-12H2,1-4H3. The van der Waals surface area contributed by atoms with Gasteiger partial charge in [-0.05, 0) is 30.4 Å². The molecule has 0 N–H and O–H groups in total. The fraction of sp³-hybridized carbons (Fsp3) is 0.524. The highest BCUT2D eigenvalue weighted by Crippen LogP contribution is 2.30. The monoisotopic (exact) mass is 372 g/mol. The number of thiazole rings is 1. The third-order valence-electron chi connectivity index (χ3n) is 4.59. The molecule has 1 amide bonds. The molecule has 0 aliphatic heterocycles. The zero-order valence-corrected chi connectivity index (χ0v) is 16.9. The molecule has 140 valence electrons. The van der Waals surface area contributed by atoms with Crippen molar-refractivity contribution in [3.8, 4) is 5.75 Å². The van der Waals surface area contributed by atoms with E-state index in [1.165, 1.54) is 5.56 Å². The summed E-state index contributed by atoms with van der Waals surface area (Å²) >= 11 is 1.60. The molecule has 1 aliphatic rings. The number of benzene rings is 1. The number of hydrogen-bond donors (Lipinski definition) is 0. The molecular weight excluding hydrogens is 344 g/mol. The van der Waals surface area contributed by atoms with E-state index >= 15 is 0 Å². The minimum absolute atomic E-state index is 0.0320. The fourth-order valence-corrected chi connectivity index (χ4v) is 3.69. The number of para-hydroxylation sites is 1. The van der Waals surface area contributed by atoms with Crippen molar-refractivity contribution in [3.05, 3.63) is 45.9 Å². The van der Waals surface area contributed by atoms with Gasteiger partial charge in [-0.15, -0.1) is 11.3 Å². The minimum atomic E-state index is 0.0320. The predicted molar refractivity (Wildman–Crippen MR) is 105 cm³/mol. The molecule has 0 unspecified atom stereocenters. The molecule has 1 aromatic carbocycles. The summed E-state index contributed by atoms with van der Waals surface area (Å²) in [5.74, 6) is 1.61. The van der Waals surface area contributed by atoms with Gasteiger partial charge < -0.3 is 9.64 Å². The molecule has 1 fully saturated rings. The number of hydrogen-bond acceptors (Lipinski definition) is 4. The van der Waals surface area contributed by atoms with Gasteiger partial charge in [0.2, 0.25) is 5.91 Å². The highest BCUT2D eigenvalue weighted by atomic mass is 32.1. The molecule has 1 heterocycles. The quantitative estimate of drug-likeness (QED) is 0.655. The van der Waals surface area contributed by atoms with E-state index in [9.17, 15) is 4.79 Å². The molecule has 5 heteroatoms. The molecule has 4 nitrogen and oxygen atoms in total. The van der Waals surface area contributed by atoms with Crippen molar-refractivity contribution < 1.29 is 9.53 Å². The third kappa shape index (κ3) is 4.64. The maximum atomic E-state index is 12.4. The molecule has 0 saturated heterocycles. The van der Waals surface area contributed by atoms with Crippen molar-refractivity contribution in [2.45, 2.75) is 65.6 Å². The average molecular weight is 373 g/mol. The van der Waals surface area contributed by atoms with E-state index in [1.54, 1.807) is 11.3 Å². The number of carbonyl (C=O) groups is 1. The van der Waals surface area contributed by atoms with Crippen LogP contribution in [-0.2, 0) is 17.9 Å². The molecule has 1 aromatic heterocycles. The van der Waals surface area contributed by atoms with E-state index in [0.29, 0.717) is 25.1 Å². The first-order chi connectivity index (χ1) is 12.5. The van der Waals surface area contributed by atoms with E-state index in [-0.39, 0.29) is 11.8 Å². The molecule has 0 atom stereocenters. The Morgan fingerprint density at radius 1 is 1.27 bits per heavy atom. The van der Waals surface area contributed by atoms with Crippen LogP contribution in [-0.4, -0.2) is 21.8 Å². The Morgan fingerprint density at radius 2 is 2.00 bits per heavy atom. The predicted octanol–water partition coefficient (Wildman–Crippen LogP) is 4.99. The Hall–Kier alpha value is -1.88. The SMILES string of the molecule is CC(C)C(=O)N(Cc1csc(COc2ccccc2C(C)C)n1)C1CC1. The van der Waals surface area contributed by atoms with E-state index in [4.69, 9.17) is 9.72 Å². The number of aromatic nitrogens is 1. The summed E-state index contributed by atoms with van der Waals surface area (Å²) in [5.41, 5.74) is 2.18. The van der Waals surface area contributed by atoms with Gasteiger partial charge in [0.15, 0.2) is 0 Å². The van der Waals surface area contributed by atoms with Crippen LogP contribution in [0.15, 0.2) is 29.6 Å². The lowest BCUT2D eigenvalue weighted by Gasteiger charge is -2.23. The summed E-state index contributed by atoms with van der Waals surface area (Å²) in [6.07, 6.45) is 2.23. The number of amides is 1. The van der Waals surface area contributed by atoms with Crippen molar-refractivity contribution in [2.24, 2.45) is 5.92 Å². The lowest BCUT2D eigenvalue weighted by Crippen LogP contribution is -2.35. The largest absolute Gasteiger partial charge is 0.486 e. The van der Waals surface area contributed by atoms with Gasteiger partial charge in [-0.1, -0.05) is 45.9 Å². The molecule has 26 heavy (non-hydrogen) atoms. The van der Waals surface area contributed by atoms with E-state index in [2.05, 4.69) is 25.3 Å². The molecule has 1 aliphatic carbocycles. The van der Waals surface area contributed by atoms with E-state index in [0.717, 1.165) is 29.3 Å². The zero-order valence-electron chi connectivity index (χ0n) is 16.1. The zero-order chi connectivity index (χ0) is 18.7. The van der Waals surface area contributed by atoms with Crippen LogP contribution in [0, 0.1) is 5.92 Å². The topological polar surface area (TPSA) is 42.4 Å². The molecule has 0 bridgehead atoms. The van der Waals surface area contributed by atoms with Crippen LogP contribution in [0.5, 0.6) is 5.75 Å². The first-order valence-electron chi connectivity index (χ1n) is 9.41. The van der Waals surface area contributed by atoms with Crippen molar-refractivity contribution in [2.75, 3.05) is 0 Å². The first-order valence-corrected chi connectivity index (χ1v) is 10.3. The molecule has 0 spiro atoms. The van der Waals surface area contributed by atoms with Gasteiger partial charge >= 0.3 is 0 Å². The van der Waals surface area contributed by atoms with Crippen LogP contribution in [0.1, 0.15) is 62.7 Å². The second-order valence-electron chi connectivity index (χ2n) is 7.57. The average Bonchev–Trinajstić information content (AvgIpc) is 3.36. The van der Waals surface area contributed by atoms with Crippen molar-refractivity contribution in [1.82, 2.24) is 9.88 Å². The number of nitrogens with zero attached hydrogens (tertiary/aromatic N) is 2. The fourth-order valence-electron chi connectivity index (χ4n) is 3.00. The van der Waals surface area contributed by atoms with Crippen molar-refractivity contribution in [3.63, 3.8) is 0 Å². The van der Waals surface area contributed by atoms with Crippen LogP contribution in [0.4, 0.5) is 0 Å². The highest BCUT2D eigenvalue weighted by Gasteiger charge is 2.33. The van der Waals surface area contributed by atoms with Gasteiger partial charge in [0.1, 0.15) is 17.4 Å². The summed E-state index contributed by atoms with van der Waals surface area (Å²) < 4.78 is 6.02. The number of carbonyl (C=O) groups excluding carboxylic acids is 1. The molecule has 3 rings (SSSR count). The molecule has 2 aromatic rings. The summed E-state index contributed by atoms with van der Waals surface area (Å²) in [6.45, 7) is 9.34. The Bertz CT molecular complexity index is 750. The Kier molecular flexibility index (Phi) is 5.97. The maximum Gasteiger partial charge on any atom is 0.225 e. The summed E-state index contributed by atoms with van der Waals surface area (Å²) in [5, 5.41) is 3.00. The van der Waals surface area contributed by atoms with Crippen LogP contribution in [0.3, 0.4) is 0 Å². The maximum absolute atomic E-state index is 12.4. The van der Waals surface area contributed by atoms with Crippen LogP contribution < -0.4 is 4.74 Å². The summed E-state index contributed by atoms with van der Waals surface area (Å²) in [6, 6.07) is 8.57. The second kappa shape index (κ2) is 8.21. The van der Waals surface area contributed by atoms with Crippen molar-refractivity contribution in [1.29, 1.82) is 0 Å². The van der Waals surface area contributed by atoms with Crippen molar-refractivity contribution >= 4 is 17.2 Å². The van der Waals surface area contributed by atoms with Crippen LogP contribution in [0.2, 0.25) is 0 Å². The number of rotatable bonds is 8. The lowest BCUT2D eigenvalue weighted by atomic mass is 10.0. The van der Waals surface area contributed by atoms with Gasteiger partial charge in [-0.3, -0.25) is 4.79 Å². The summed E-state index contributed by atoms with van der Waals surface area (Å²) in [7, 11) is 0. The lowest BCUT2D eigenvalue weighted by molar-refractivity contribution is -0.135. The Balaban J connectivity index is 1.62. The minimum Gasteiger partial charge on any atom is -0.486 e. The van der Waals surface area contributed by atoms with Gasteiger partial charge in [-0.25, -0.2) is 4.98 Å². The van der Waals surface area contributed by atoms with E-state index in [1.807, 2.05) is 36.9 Å². The molecule has 0 radical (unpaired) electrons. The van der Waals surface area contributed by atoms with Crippen LogP contribution >= 0.6 is 11.3 Å². The normalized spacial score (nSPS) is 14.1. The first kappa shape index (κ1) is 18.9. The van der Waals surface area contributed by atoms with Crippen LogP contribution in [0.25, 0.3) is 0 Å². The van der Waals surface area contributed by atoms with Gasteiger partial charge in [0.05, 0.1) is 12.2 Å². The summed E-state index contributed by atoms with van der Waals surface area (Å²) in [4.78, 5) is 19.1. The smallest absolute Gasteiger partial charge is 0.225 e.